The number of hydrogen-bond acceptors (Lipinski definition) is 3. The summed E-state index contributed by atoms with van der Waals surface area (Å²) in [5.74, 6) is -1.09. The van der Waals surface area contributed by atoms with Crippen LogP contribution in [0.25, 0.3) is 0 Å². The van der Waals surface area contributed by atoms with Crippen LogP contribution in [-0.2, 0) is 9.59 Å². The number of amides is 1. The molecule has 1 rings (SSSR count). The predicted octanol–water partition coefficient (Wildman–Crippen LogP) is 1.21. The van der Waals surface area contributed by atoms with Crippen molar-refractivity contribution in [3.8, 4) is 5.75 Å². The van der Waals surface area contributed by atoms with Crippen LogP contribution in [-0.4, -0.2) is 30.1 Å². The van der Waals surface area contributed by atoms with E-state index >= 15 is 0 Å². The van der Waals surface area contributed by atoms with Crippen molar-refractivity contribution in [2.24, 2.45) is 5.92 Å². The van der Waals surface area contributed by atoms with Gasteiger partial charge in [0.15, 0.2) is 0 Å². The van der Waals surface area contributed by atoms with Gasteiger partial charge < -0.3 is 15.2 Å². The highest BCUT2D eigenvalue weighted by Gasteiger charge is 2.14. The van der Waals surface area contributed by atoms with Gasteiger partial charge in [0.1, 0.15) is 12.3 Å². The van der Waals surface area contributed by atoms with E-state index in [0.717, 1.165) is 5.56 Å². The summed E-state index contributed by atoms with van der Waals surface area (Å²) in [5, 5.41) is 10.7. The third-order valence-electron chi connectivity index (χ3n) is 2.35. The lowest BCUT2D eigenvalue weighted by atomic mass is 10.2. The molecule has 0 aromatic heterocycles. The number of benzene rings is 1. The highest BCUT2D eigenvalue weighted by molar-refractivity contribution is 5.82. The van der Waals surface area contributed by atoms with Crippen molar-refractivity contribution in [1.29, 1.82) is 0 Å². The molecule has 18 heavy (non-hydrogen) atoms. The molecule has 0 fully saturated rings. The van der Waals surface area contributed by atoms with Crippen LogP contribution in [0.3, 0.4) is 0 Å². The van der Waals surface area contributed by atoms with Gasteiger partial charge >= 0.3 is 5.97 Å². The normalized spacial score (nSPS) is 11.7. The van der Waals surface area contributed by atoms with E-state index in [4.69, 9.17) is 9.84 Å². The number of ether oxygens (including phenoxy) is 1. The van der Waals surface area contributed by atoms with Gasteiger partial charge in [-0.3, -0.25) is 9.59 Å². The summed E-state index contributed by atoms with van der Waals surface area (Å²) in [5.41, 5.74) is 1.08. The van der Waals surface area contributed by atoms with Gasteiger partial charge in [-0.2, -0.15) is 0 Å². The summed E-state index contributed by atoms with van der Waals surface area (Å²) in [4.78, 5) is 21.8. The Hall–Kier alpha value is -2.04. The highest BCUT2D eigenvalue weighted by atomic mass is 16.5. The molecular formula is C13H17NO4. The zero-order valence-electron chi connectivity index (χ0n) is 10.5. The summed E-state index contributed by atoms with van der Waals surface area (Å²) in [6, 6.07) is 7.52. The predicted molar refractivity (Wildman–Crippen MR) is 66.5 cm³/mol. The van der Waals surface area contributed by atoms with E-state index in [9.17, 15) is 9.59 Å². The number of carbonyl (C=O) groups is 2. The zero-order valence-corrected chi connectivity index (χ0v) is 10.5. The molecular weight excluding hydrogens is 234 g/mol. The van der Waals surface area contributed by atoms with E-state index in [1.54, 1.807) is 6.92 Å². The second-order valence-electron chi connectivity index (χ2n) is 4.14. The molecule has 0 saturated carbocycles. The van der Waals surface area contributed by atoms with Crippen molar-refractivity contribution < 1.29 is 19.4 Å². The molecule has 1 unspecified atom stereocenters. The molecule has 0 aliphatic heterocycles. The average Bonchev–Trinajstić information content (AvgIpc) is 2.33. The topological polar surface area (TPSA) is 75.6 Å². The SMILES string of the molecule is Cc1cccc(OCC(C)C(=O)NCC(=O)O)c1. The third-order valence-corrected chi connectivity index (χ3v) is 2.35. The quantitative estimate of drug-likeness (QED) is 0.796. The molecule has 0 radical (unpaired) electrons. The monoisotopic (exact) mass is 251 g/mol. The van der Waals surface area contributed by atoms with Crippen molar-refractivity contribution in [3.05, 3.63) is 29.8 Å². The van der Waals surface area contributed by atoms with E-state index < -0.39 is 11.9 Å². The number of aryl methyl sites for hydroxylation is 1. The first-order valence-corrected chi connectivity index (χ1v) is 5.68. The molecule has 0 spiro atoms. The van der Waals surface area contributed by atoms with Crippen LogP contribution in [0.2, 0.25) is 0 Å². The minimum absolute atomic E-state index is 0.217. The van der Waals surface area contributed by atoms with E-state index in [0.29, 0.717) is 5.75 Å². The van der Waals surface area contributed by atoms with Crippen LogP contribution in [0.1, 0.15) is 12.5 Å². The summed E-state index contributed by atoms with van der Waals surface area (Å²) in [7, 11) is 0. The van der Waals surface area contributed by atoms with Crippen LogP contribution in [0.5, 0.6) is 5.75 Å². The van der Waals surface area contributed by atoms with Crippen molar-refractivity contribution in [3.63, 3.8) is 0 Å². The minimum Gasteiger partial charge on any atom is -0.493 e. The Kier molecular flexibility index (Phi) is 5.17. The summed E-state index contributed by atoms with van der Waals surface area (Å²) < 4.78 is 5.47. The molecule has 0 aliphatic rings. The van der Waals surface area contributed by atoms with Gasteiger partial charge in [-0.15, -0.1) is 0 Å². The molecule has 0 aliphatic carbocycles. The average molecular weight is 251 g/mol. The fourth-order valence-corrected chi connectivity index (χ4v) is 1.34. The maximum Gasteiger partial charge on any atom is 0.322 e. The Morgan fingerprint density at radius 3 is 2.78 bits per heavy atom. The first kappa shape index (κ1) is 14.0. The number of carboxylic acid groups (broad SMARTS) is 1. The molecule has 0 saturated heterocycles. The molecule has 1 atom stereocenters. The van der Waals surface area contributed by atoms with Crippen molar-refractivity contribution in [2.75, 3.05) is 13.2 Å². The molecule has 0 bridgehead atoms. The fraction of sp³-hybridized carbons (Fsp3) is 0.385. The third kappa shape index (κ3) is 4.86. The lowest BCUT2D eigenvalue weighted by molar-refractivity contribution is -0.138. The minimum atomic E-state index is -1.06. The van der Waals surface area contributed by atoms with Gasteiger partial charge in [0.25, 0.3) is 0 Å². The first-order valence-electron chi connectivity index (χ1n) is 5.68. The van der Waals surface area contributed by atoms with Crippen LogP contribution in [0, 0.1) is 12.8 Å². The fourth-order valence-electron chi connectivity index (χ4n) is 1.34. The summed E-state index contributed by atoms with van der Waals surface area (Å²) in [6.45, 7) is 3.49. The molecule has 1 amide bonds. The lowest BCUT2D eigenvalue weighted by Gasteiger charge is -2.12. The molecule has 1 aromatic rings. The number of carboxylic acids is 1. The van der Waals surface area contributed by atoms with Crippen molar-refractivity contribution in [2.45, 2.75) is 13.8 Å². The van der Waals surface area contributed by atoms with E-state index in [-0.39, 0.29) is 19.1 Å². The lowest BCUT2D eigenvalue weighted by Crippen LogP contribution is -2.35. The van der Waals surface area contributed by atoms with Gasteiger partial charge in [0, 0.05) is 0 Å². The maximum atomic E-state index is 11.5. The smallest absolute Gasteiger partial charge is 0.322 e. The van der Waals surface area contributed by atoms with Crippen LogP contribution in [0.4, 0.5) is 0 Å². The number of hydrogen-bond donors (Lipinski definition) is 2. The Morgan fingerprint density at radius 1 is 1.44 bits per heavy atom. The number of rotatable bonds is 6. The van der Waals surface area contributed by atoms with Crippen molar-refractivity contribution >= 4 is 11.9 Å². The van der Waals surface area contributed by atoms with Crippen LogP contribution < -0.4 is 10.1 Å². The van der Waals surface area contributed by atoms with Crippen LogP contribution >= 0.6 is 0 Å². The molecule has 98 valence electrons. The standard InChI is InChI=1S/C13H17NO4/c1-9-4-3-5-11(6-9)18-8-10(2)13(17)14-7-12(15)16/h3-6,10H,7-8H2,1-2H3,(H,14,17)(H,15,16). The van der Waals surface area contributed by atoms with Gasteiger partial charge in [-0.05, 0) is 24.6 Å². The Morgan fingerprint density at radius 2 is 2.17 bits per heavy atom. The second kappa shape index (κ2) is 6.64. The molecule has 5 nitrogen and oxygen atoms in total. The molecule has 5 heteroatoms. The Bertz CT molecular complexity index is 431. The summed E-state index contributed by atoms with van der Waals surface area (Å²) in [6.07, 6.45) is 0. The highest BCUT2D eigenvalue weighted by Crippen LogP contribution is 2.13. The molecule has 2 N–H and O–H groups in total. The van der Waals surface area contributed by atoms with Crippen molar-refractivity contribution in [1.82, 2.24) is 5.32 Å². The zero-order chi connectivity index (χ0) is 13.5. The summed E-state index contributed by atoms with van der Waals surface area (Å²) >= 11 is 0. The first-order chi connectivity index (χ1) is 8.49. The second-order valence-corrected chi connectivity index (χ2v) is 4.14. The van der Waals surface area contributed by atoms with Gasteiger partial charge in [-0.25, -0.2) is 0 Å². The number of carbonyl (C=O) groups excluding carboxylic acids is 1. The number of aliphatic carboxylic acids is 1. The maximum absolute atomic E-state index is 11.5. The molecule has 0 heterocycles. The largest absolute Gasteiger partial charge is 0.493 e. The van der Waals surface area contributed by atoms with E-state index in [1.807, 2.05) is 31.2 Å². The van der Waals surface area contributed by atoms with Gasteiger partial charge in [0.2, 0.25) is 5.91 Å². The Balaban J connectivity index is 2.38. The van der Waals surface area contributed by atoms with Crippen LogP contribution in [0.15, 0.2) is 24.3 Å². The number of nitrogens with one attached hydrogen (secondary N) is 1. The molecule has 1 aromatic carbocycles. The van der Waals surface area contributed by atoms with E-state index in [1.165, 1.54) is 0 Å². The van der Waals surface area contributed by atoms with Gasteiger partial charge in [-0.1, -0.05) is 19.1 Å². The van der Waals surface area contributed by atoms with Gasteiger partial charge in [0.05, 0.1) is 12.5 Å². The van der Waals surface area contributed by atoms with E-state index in [2.05, 4.69) is 5.32 Å². The Labute approximate surface area is 106 Å².